The Hall–Kier alpha value is -0.810. The molecule has 2 N–H and O–H groups in total. The average Bonchev–Trinajstić information content (AvgIpc) is 3.01. The molecule has 2 heterocycles. The van der Waals surface area contributed by atoms with Crippen molar-refractivity contribution in [2.45, 2.75) is 51.7 Å². The molecule has 2 fully saturated rings. The van der Waals surface area contributed by atoms with Crippen molar-refractivity contribution in [3.05, 3.63) is 0 Å². The first kappa shape index (κ1) is 16.6. The number of piperidine rings is 1. The lowest BCUT2D eigenvalue weighted by Crippen LogP contribution is -2.48. The minimum Gasteiger partial charge on any atom is -0.376 e. The molecule has 2 atom stereocenters. The molecule has 2 unspecified atom stereocenters. The molecule has 2 aliphatic rings. The van der Waals surface area contributed by atoms with Crippen LogP contribution in [-0.2, 0) is 4.74 Å². The Balaban J connectivity index is 1.64. The van der Waals surface area contributed by atoms with E-state index in [2.05, 4.69) is 34.4 Å². The molecule has 21 heavy (non-hydrogen) atoms. The first-order valence-electron chi connectivity index (χ1n) is 8.49. The monoisotopic (exact) mass is 296 g/mol. The van der Waals surface area contributed by atoms with E-state index in [1.165, 1.54) is 32.4 Å². The number of nitrogens with one attached hydrogen (secondary N) is 2. The van der Waals surface area contributed by atoms with Crippen molar-refractivity contribution in [3.63, 3.8) is 0 Å². The molecule has 0 spiro atoms. The molecule has 0 aromatic heterocycles. The van der Waals surface area contributed by atoms with E-state index >= 15 is 0 Å². The largest absolute Gasteiger partial charge is 0.376 e. The van der Waals surface area contributed by atoms with Crippen LogP contribution in [0.25, 0.3) is 0 Å². The van der Waals surface area contributed by atoms with Crippen molar-refractivity contribution >= 4 is 5.96 Å². The summed E-state index contributed by atoms with van der Waals surface area (Å²) in [5.41, 5.74) is 0. The zero-order valence-electron chi connectivity index (χ0n) is 13.9. The van der Waals surface area contributed by atoms with Gasteiger partial charge in [-0.15, -0.1) is 0 Å². The fraction of sp³-hybridized carbons (Fsp3) is 0.938. The lowest BCUT2D eigenvalue weighted by Gasteiger charge is -2.35. The SMILES string of the molecule is CN=C(NCC1CCCO1)NCC(C)N1CCC(C)CC1. The fourth-order valence-electron chi connectivity index (χ4n) is 3.08. The molecule has 5 nitrogen and oxygen atoms in total. The normalized spacial score (nSPS) is 26.8. The van der Waals surface area contributed by atoms with E-state index in [1.54, 1.807) is 0 Å². The molecular weight excluding hydrogens is 264 g/mol. The fourth-order valence-corrected chi connectivity index (χ4v) is 3.08. The van der Waals surface area contributed by atoms with Crippen LogP contribution in [0.4, 0.5) is 0 Å². The summed E-state index contributed by atoms with van der Waals surface area (Å²) in [4.78, 5) is 6.88. The standard InChI is InChI=1S/C16H32N4O/c1-13-6-8-20(9-7-13)14(2)11-18-16(17-3)19-12-15-5-4-10-21-15/h13-15H,4-12H2,1-3H3,(H2,17,18,19). The number of likely N-dealkylation sites (tertiary alicyclic amines) is 1. The summed E-state index contributed by atoms with van der Waals surface area (Å²) < 4.78 is 5.63. The van der Waals surface area contributed by atoms with Crippen LogP contribution < -0.4 is 10.6 Å². The van der Waals surface area contributed by atoms with E-state index in [-0.39, 0.29) is 0 Å². The predicted molar refractivity (Wildman–Crippen MR) is 87.8 cm³/mol. The molecule has 2 rings (SSSR count). The lowest BCUT2D eigenvalue weighted by atomic mass is 9.98. The summed E-state index contributed by atoms with van der Waals surface area (Å²) in [6, 6.07) is 0.554. The zero-order valence-corrected chi connectivity index (χ0v) is 13.9. The van der Waals surface area contributed by atoms with E-state index in [9.17, 15) is 0 Å². The van der Waals surface area contributed by atoms with Crippen molar-refractivity contribution in [3.8, 4) is 0 Å². The highest BCUT2D eigenvalue weighted by molar-refractivity contribution is 5.79. The van der Waals surface area contributed by atoms with Gasteiger partial charge in [0, 0.05) is 32.8 Å². The third-order valence-electron chi connectivity index (χ3n) is 4.75. The highest BCUT2D eigenvalue weighted by atomic mass is 16.5. The van der Waals surface area contributed by atoms with Crippen molar-refractivity contribution in [2.75, 3.05) is 39.8 Å². The summed E-state index contributed by atoms with van der Waals surface area (Å²) in [5.74, 6) is 1.78. The second-order valence-electron chi connectivity index (χ2n) is 6.54. The third-order valence-corrected chi connectivity index (χ3v) is 4.75. The van der Waals surface area contributed by atoms with Gasteiger partial charge in [-0.3, -0.25) is 9.89 Å². The molecule has 0 aromatic rings. The molecule has 0 bridgehead atoms. The summed E-state index contributed by atoms with van der Waals surface area (Å²) in [5, 5.41) is 6.82. The highest BCUT2D eigenvalue weighted by Crippen LogP contribution is 2.17. The van der Waals surface area contributed by atoms with Gasteiger partial charge in [0.1, 0.15) is 0 Å². The van der Waals surface area contributed by atoms with Crippen LogP contribution in [0.3, 0.4) is 0 Å². The molecule has 0 radical (unpaired) electrons. The first-order chi connectivity index (χ1) is 10.2. The Labute approximate surface area is 129 Å². The van der Waals surface area contributed by atoms with Gasteiger partial charge in [-0.1, -0.05) is 6.92 Å². The molecule has 0 amide bonds. The summed E-state index contributed by atoms with van der Waals surface area (Å²) in [7, 11) is 1.83. The Morgan fingerprint density at radius 3 is 2.67 bits per heavy atom. The van der Waals surface area contributed by atoms with E-state index in [0.717, 1.165) is 38.0 Å². The van der Waals surface area contributed by atoms with Crippen LogP contribution in [0.15, 0.2) is 4.99 Å². The van der Waals surface area contributed by atoms with Crippen molar-refractivity contribution in [2.24, 2.45) is 10.9 Å². The predicted octanol–water partition coefficient (Wildman–Crippen LogP) is 1.45. The van der Waals surface area contributed by atoms with Gasteiger partial charge in [0.05, 0.1) is 6.10 Å². The maximum Gasteiger partial charge on any atom is 0.191 e. The maximum atomic E-state index is 5.63. The van der Waals surface area contributed by atoms with E-state index in [1.807, 2.05) is 7.05 Å². The Morgan fingerprint density at radius 1 is 1.29 bits per heavy atom. The molecule has 2 aliphatic heterocycles. The molecule has 0 aromatic carbocycles. The van der Waals surface area contributed by atoms with Crippen molar-refractivity contribution < 1.29 is 4.74 Å². The number of guanidine groups is 1. The van der Waals surface area contributed by atoms with E-state index in [0.29, 0.717) is 12.1 Å². The van der Waals surface area contributed by atoms with Crippen LogP contribution in [-0.4, -0.2) is 62.8 Å². The maximum absolute atomic E-state index is 5.63. The van der Waals surface area contributed by atoms with Crippen LogP contribution in [0.2, 0.25) is 0 Å². The van der Waals surface area contributed by atoms with Gasteiger partial charge >= 0.3 is 0 Å². The minimum absolute atomic E-state index is 0.351. The number of hydrogen-bond donors (Lipinski definition) is 2. The average molecular weight is 296 g/mol. The topological polar surface area (TPSA) is 48.9 Å². The highest BCUT2D eigenvalue weighted by Gasteiger charge is 2.20. The van der Waals surface area contributed by atoms with Crippen LogP contribution in [0, 0.1) is 5.92 Å². The van der Waals surface area contributed by atoms with Gasteiger partial charge in [0.2, 0.25) is 0 Å². The summed E-state index contributed by atoms with van der Waals surface area (Å²) in [6.45, 7) is 9.82. The molecule has 122 valence electrons. The minimum atomic E-state index is 0.351. The first-order valence-corrected chi connectivity index (χ1v) is 8.49. The zero-order chi connectivity index (χ0) is 15.1. The smallest absolute Gasteiger partial charge is 0.191 e. The number of aliphatic imine (C=N–C) groups is 1. The Morgan fingerprint density at radius 2 is 2.05 bits per heavy atom. The molecule has 0 aliphatic carbocycles. The lowest BCUT2D eigenvalue weighted by molar-refractivity contribution is 0.113. The molecule has 2 saturated heterocycles. The van der Waals surface area contributed by atoms with Crippen molar-refractivity contribution in [1.82, 2.24) is 15.5 Å². The van der Waals surface area contributed by atoms with Crippen LogP contribution in [0.5, 0.6) is 0 Å². The second-order valence-corrected chi connectivity index (χ2v) is 6.54. The Bertz CT molecular complexity index is 320. The van der Waals surface area contributed by atoms with Gasteiger partial charge in [-0.25, -0.2) is 0 Å². The van der Waals surface area contributed by atoms with Crippen LogP contribution in [0.1, 0.15) is 39.5 Å². The van der Waals surface area contributed by atoms with Gasteiger partial charge in [0.15, 0.2) is 5.96 Å². The van der Waals surface area contributed by atoms with Gasteiger partial charge in [0.25, 0.3) is 0 Å². The number of hydrogen-bond acceptors (Lipinski definition) is 3. The second kappa shape index (κ2) is 8.59. The number of ether oxygens (including phenoxy) is 1. The van der Waals surface area contributed by atoms with Crippen LogP contribution >= 0.6 is 0 Å². The van der Waals surface area contributed by atoms with Gasteiger partial charge in [-0.2, -0.15) is 0 Å². The number of rotatable bonds is 5. The summed E-state index contributed by atoms with van der Waals surface area (Å²) >= 11 is 0. The Kier molecular flexibility index (Phi) is 6.77. The van der Waals surface area contributed by atoms with E-state index in [4.69, 9.17) is 4.74 Å². The quantitative estimate of drug-likeness (QED) is 0.595. The van der Waals surface area contributed by atoms with E-state index < -0.39 is 0 Å². The summed E-state index contributed by atoms with van der Waals surface area (Å²) in [6.07, 6.45) is 5.35. The number of nitrogens with zero attached hydrogens (tertiary/aromatic N) is 2. The van der Waals surface area contributed by atoms with Gasteiger partial charge in [-0.05, 0) is 51.6 Å². The third kappa shape index (κ3) is 5.47. The van der Waals surface area contributed by atoms with Gasteiger partial charge < -0.3 is 15.4 Å². The molecule has 5 heteroatoms. The molecular formula is C16H32N4O. The molecule has 0 saturated carbocycles. The van der Waals surface area contributed by atoms with Crippen molar-refractivity contribution in [1.29, 1.82) is 0 Å².